The smallest absolute Gasteiger partial charge is 0.315 e. The van der Waals surface area contributed by atoms with Gasteiger partial charge in [0, 0.05) is 24.4 Å². The molecular weight excluding hydrogens is 358 g/mol. The number of rotatable bonds is 8. The van der Waals surface area contributed by atoms with E-state index in [0.29, 0.717) is 36.3 Å². The average Bonchev–Trinajstić information content (AvgIpc) is 3.32. The number of carbonyl (C=O) groups excluding carboxylic acids is 2. The zero-order valence-corrected chi connectivity index (χ0v) is 16.5. The first-order chi connectivity index (χ1) is 13.6. The highest BCUT2D eigenvalue weighted by atomic mass is 16.5. The maximum atomic E-state index is 12.1. The van der Waals surface area contributed by atoms with E-state index in [1.54, 1.807) is 0 Å². The summed E-state index contributed by atoms with van der Waals surface area (Å²) in [5.41, 5.74) is 0.678. The van der Waals surface area contributed by atoms with Gasteiger partial charge in [0.2, 0.25) is 5.91 Å². The van der Waals surface area contributed by atoms with Crippen LogP contribution in [0.3, 0.4) is 0 Å². The number of benzene rings is 1. The van der Waals surface area contributed by atoms with Crippen molar-refractivity contribution < 1.29 is 18.7 Å². The zero-order valence-electron chi connectivity index (χ0n) is 16.5. The number of urea groups is 1. The van der Waals surface area contributed by atoms with Gasteiger partial charge in [-0.2, -0.15) is 0 Å². The predicted molar refractivity (Wildman–Crippen MR) is 107 cm³/mol. The zero-order chi connectivity index (χ0) is 19.9. The fourth-order valence-electron chi connectivity index (χ4n) is 3.52. The molecule has 0 radical (unpaired) electrons. The predicted octanol–water partition coefficient (Wildman–Crippen LogP) is 3.64. The third kappa shape index (κ3) is 5.18. The summed E-state index contributed by atoms with van der Waals surface area (Å²) in [7, 11) is 0. The number of hydrogen-bond donors (Lipinski definition) is 3. The third-order valence-electron chi connectivity index (χ3n) is 4.96. The molecule has 2 aromatic rings. The molecule has 7 heteroatoms. The van der Waals surface area contributed by atoms with Crippen LogP contribution in [0.25, 0.3) is 11.0 Å². The molecule has 0 aliphatic heterocycles. The van der Waals surface area contributed by atoms with Crippen LogP contribution >= 0.6 is 0 Å². The van der Waals surface area contributed by atoms with Gasteiger partial charge in [-0.3, -0.25) is 4.79 Å². The maximum absolute atomic E-state index is 12.1. The van der Waals surface area contributed by atoms with Gasteiger partial charge < -0.3 is 25.1 Å². The van der Waals surface area contributed by atoms with Gasteiger partial charge in [0.25, 0.3) is 0 Å². The summed E-state index contributed by atoms with van der Waals surface area (Å²) in [4.78, 5) is 24.0. The number of para-hydroxylation sites is 1. The van der Waals surface area contributed by atoms with Crippen LogP contribution in [0.2, 0.25) is 0 Å². The molecule has 152 valence electrons. The van der Waals surface area contributed by atoms with Crippen LogP contribution in [-0.2, 0) is 4.79 Å². The molecule has 28 heavy (non-hydrogen) atoms. The first kappa shape index (κ1) is 20.0. The second-order valence-corrected chi connectivity index (χ2v) is 7.18. The van der Waals surface area contributed by atoms with Gasteiger partial charge >= 0.3 is 6.03 Å². The van der Waals surface area contributed by atoms with E-state index in [-0.39, 0.29) is 24.4 Å². The van der Waals surface area contributed by atoms with Crippen molar-refractivity contribution >= 4 is 22.9 Å². The van der Waals surface area contributed by atoms with Gasteiger partial charge in [0.05, 0.1) is 12.6 Å². The first-order valence-corrected chi connectivity index (χ1v) is 10.1. The lowest BCUT2D eigenvalue weighted by atomic mass is 10.2. The highest BCUT2D eigenvalue weighted by Gasteiger charge is 2.18. The summed E-state index contributed by atoms with van der Waals surface area (Å²) in [5, 5.41) is 9.51. The van der Waals surface area contributed by atoms with Gasteiger partial charge in [-0.25, -0.2) is 4.79 Å². The van der Waals surface area contributed by atoms with Crippen LogP contribution in [0.5, 0.6) is 5.75 Å². The molecule has 1 atom stereocenters. The van der Waals surface area contributed by atoms with Crippen molar-refractivity contribution in [3.8, 4) is 5.75 Å². The number of carbonyl (C=O) groups is 2. The molecule has 0 saturated heterocycles. The van der Waals surface area contributed by atoms with E-state index in [4.69, 9.17) is 9.15 Å². The lowest BCUT2D eigenvalue weighted by Crippen LogP contribution is -2.40. The van der Waals surface area contributed by atoms with Crippen molar-refractivity contribution in [1.82, 2.24) is 16.0 Å². The molecule has 1 aliphatic carbocycles. The Morgan fingerprint density at radius 1 is 1.29 bits per heavy atom. The maximum Gasteiger partial charge on any atom is 0.315 e. The van der Waals surface area contributed by atoms with E-state index in [0.717, 1.165) is 18.2 Å². The molecule has 1 unspecified atom stereocenters. The standard InChI is InChI=1S/C21H29N3O4/c1-3-27-17-10-6-7-15-13-18(28-20(15)17)14(2)23-21(26)22-12-11-19(25)24-16-8-4-5-9-16/h6-7,10,13-14,16H,3-5,8-9,11-12H2,1-2H3,(H,24,25)(H2,22,23,26). The van der Waals surface area contributed by atoms with E-state index in [2.05, 4.69) is 16.0 Å². The molecule has 1 fully saturated rings. The molecule has 3 N–H and O–H groups in total. The Hall–Kier alpha value is -2.70. The fraction of sp³-hybridized carbons (Fsp3) is 0.524. The number of furan rings is 1. The van der Waals surface area contributed by atoms with Crippen LogP contribution < -0.4 is 20.7 Å². The number of fused-ring (bicyclic) bond motifs is 1. The monoisotopic (exact) mass is 387 g/mol. The van der Waals surface area contributed by atoms with Crippen molar-refractivity contribution in [1.29, 1.82) is 0 Å². The van der Waals surface area contributed by atoms with E-state index in [9.17, 15) is 9.59 Å². The molecule has 1 saturated carbocycles. The fourth-order valence-corrected chi connectivity index (χ4v) is 3.52. The summed E-state index contributed by atoms with van der Waals surface area (Å²) in [5.74, 6) is 1.33. The molecule has 1 aromatic carbocycles. The van der Waals surface area contributed by atoms with Crippen molar-refractivity contribution in [2.75, 3.05) is 13.2 Å². The van der Waals surface area contributed by atoms with E-state index >= 15 is 0 Å². The highest BCUT2D eigenvalue weighted by molar-refractivity contribution is 5.84. The highest BCUT2D eigenvalue weighted by Crippen LogP contribution is 2.31. The lowest BCUT2D eigenvalue weighted by molar-refractivity contribution is -0.121. The second-order valence-electron chi connectivity index (χ2n) is 7.18. The Bertz CT molecular complexity index is 811. The topological polar surface area (TPSA) is 92.6 Å². The van der Waals surface area contributed by atoms with Gasteiger partial charge in [-0.05, 0) is 38.8 Å². The Labute approximate surface area is 165 Å². The molecule has 7 nitrogen and oxygen atoms in total. The minimum atomic E-state index is -0.327. The quantitative estimate of drug-likeness (QED) is 0.645. The molecule has 1 aliphatic rings. The molecular formula is C21H29N3O4. The van der Waals surface area contributed by atoms with Crippen LogP contribution in [0, 0.1) is 0 Å². The minimum absolute atomic E-state index is 0.0130. The summed E-state index contributed by atoms with van der Waals surface area (Å²) in [6, 6.07) is 7.28. The van der Waals surface area contributed by atoms with Gasteiger partial charge in [-0.15, -0.1) is 0 Å². The average molecular weight is 387 g/mol. The Balaban J connectivity index is 1.46. The largest absolute Gasteiger partial charge is 0.490 e. The number of hydrogen-bond acceptors (Lipinski definition) is 4. The van der Waals surface area contributed by atoms with Gasteiger partial charge in [0.1, 0.15) is 5.76 Å². The molecule has 1 aromatic heterocycles. The minimum Gasteiger partial charge on any atom is -0.490 e. The van der Waals surface area contributed by atoms with Crippen LogP contribution in [0.15, 0.2) is 28.7 Å². The van der Waals surface area contributed by atoms with Crippen molar-refractivity contribution in [3.63, 3.8) is 0 Å². The van der Waals surface area contributed by atoms with Crippen molar-refractivity contribution in [2.24, 2.45) is 0 Å². The normalized spacial score (nSPS) is 15.4. The summed E-state index contributed by atoms with van der Waals surface area (Å²) in [6.07, 6.45) is 4.74. The number of nitrogens with one attached hydrogen (secondary N) is 3. The van der Waals surface area contributed by atoms with Crippen molar-refractivity contribution in [3.05, 3.63) is 30.0 Å². The van der Waals surface area contributed by atoms with Crippen molar-refractivity contribution in [2.45, 2.75) is 58.0 Å². The molecule has 3 amide bonds. The van der Waals surface area contributed by atoms with E-state index < -0.39 is 0 Å². The molecule has 3 rings (SSSR count). The third-order valence-corrected chi connectivity index (χ3v) is 4.96. The summed E-state index contributed by atoms with van der Waals surface area (Å²) >= 11 is 0. The molecule has 0 spiro atoms. The van der Waals surface area contributed by atoms with Crippen LogP contribution in [-0.4, -0.2) is 31.1 Å². The Morgan fingerprint density at radius 2 is 2.07 bits per heavy atom. The summed E-state index contributed by atoms with van der Waals surface area (Å²) in [6.45, 7) is 4.63. The number of amides is 3. The number of ether oxygens (including phenoxy) is 1. The Morgan fingerprint density at radius 3 is 2.82 bits per heavy atom. The molecule has 1 heterocycles. The second kappa shape index (κ2) is 9.48. The van der Waals surface area contributed by atoms with Gasteiger partial charge in [-0.1, -0.05) is 25.0 Å². The SMILES string of the molecule is CCOc1cccc2cc(C(C)NC(=O)NCCC(=O)NC3CCCC3)oc12. The van der Waals surface area contributed by atoms with Gasteiger partial charge in [0.15, 0.2) is 11.3 Å². The lowest BCUT2D eigenvalue weighted by Gasteiger charge is -2.14. The van der Waals surface area contributed by atoms with Crippen LogP contribution in [0.4, 0.5) is 4.79 Å². The van der Waals surface area contributed by atoms with E-state index in [1.807, 2.05) is 38.1 Å². The first-order valence-electron chi connectivity index (χ1n) is 10.1. The van der Waals surface area contributed by atoms with E-state index in [1.165, 1.54) is 12.8 Å². The van der Waals surface area contributed by atoms with Crippen LogP contribution in [0.1, 0.15) is 57.8 Å². The Kier molecular flexibility index (Phi) is 6.79. The molecule has 0 bridgehead atoms. The summed E-state index contributed by atoms with van der Waals surface area (Å²) < 4.78 is 11.5.